The lowest BCUT2D eigenvalue weighted by atomic mass is 10.1. The number of hydrogen-bond donors (Lipinski definition) is 2. The Labute approximate surface area is 232 Å². The van der Waals surface area contributed by atoms with Crippen LogP contribution in [0.5, 0.6) is 17.2 Å². The van der Waals surface area contributed by atoms with Gasteiger partial charge in [0, 0.05) is 24.3 Å². The molecule has 0 bridgehead atoms. The highest BCUT2D eigenvalue weighted by molar-refractivity contribution is 6.37. The molecule has 4 rings (SSSR count). The number of hydrogen-bond acceptors (Lipinski definition) is 7. The van der Waals surface area contributed by atoms with Crippen molar-refractivity contribution < 1.29 is 33.0 Å². The van der Waals surface area contributed by atoms with E-state index in [0.29, 0.717) is 42.4 Å². The van der Waals surface area contributed by atoms with Crippen molar-refractivity contribution in [3.05, 3.63) is 107 Å². The second kappa shape index (κ2) is 12.9. The molecule has 0 aliphatic rings. The van der Waals surface area contributed by atoms with Crippen molar-refractivity contribution in [1.29, 1.82) is 0 Å². The molecular formula is C31H31FN2O6. The van der Waals surface area contributed by atoms with Gasteiger partial charge in [-0.2, -0.15) is 0 Å². The number of carbonyl (C=O) groups excluding carboxylic acids is 2. The van der Waals surface area contributed by atoms with Crippen molar-refractivity contribution in [2.45, 2.75) is 40.4 Å². The molecule has 9 heteroatoms. The van der Waals surface area contributed by atoms with E-state index in [2.05, 4.69) is 5.32 Å². The summed E-state index contributed by atoms with van der Waals surface area (Å²) in [5, 5.41) is 13.2. The minimum Gasteiger partial charge on any atom is -0.508 e. The van der Waals surface area contributed by atoms with Crippen LogP contribution in [-0.2, 0) is 34.0 Å². The van der Waals surface area contributed by atoms with E-state index in [1.807, 2.05) is 30.9 Å². The van der Waals surface area contributed by atoms with Crippen LogP contribution >= 0.6 is 0 Å². The largest absolute Gasteiger partial charge is 0.508 e. The average molecular weight is 547 g/mol. The Kier molecular flexibility index (Phi) is 9.19. The van der Waals surface area contributed by atoms with Crippen molar-refractivity contribution in [1.82, 2.24) is 4.90 Å². The first-order valence-electron chi connectivity index (χ1n) is 12.8. The fraction of sp³-hybridized carbons (Fsp3) is 0.226. The summed E-state index contributed by atoms with van der Waals surface area (Å²) >= 11 is 0. The summed E-state index contributed by atoms with van der Waals surface area (Å²) in [4.78, 5) is 25.7. The van der Waals surface area contributed by atoms with Crippen LogP contribution in [0.15, 0.2) is 77.4 Å². The van der Waals surface area contributed by atoms with Crippen LogP contribution in [0.3, 0.4) is 0 Å². The van der Waals surface area contributed by atoms with Gasteiger partial charge in [-0.15, -0.1) is 0 Å². The van der Waals surface area contributed by atoms with E-state index >= 15 is 0 Å². The number of aryl methyl sites for hydroxylation is 2. The number of halogens is 1. The van der Waals surface area contributed by atoms with Crippen molar-refractivity contribution in [2.75, 3.05) is 11.9 Å². The number of nitrogens with one attached hydrogen (secondary N) is 1. The second-order valence-corrected chi connectivity index (χ2v) is 9.36. The molecular weight excluding hydrogens is 515 g/mol. The lowest BCUT2D eigenvalue weighted by Gasteiger charge is -2.22. The van der Waals surface area contributed by atoms with E-state index in [1.165, 1.54) is 12.1 Å². The minimum absolute atomic E-state index is 0.0986. The molecule has 1 aromatic heterocycles. The SMILES string of the molecule is CCOC(=O)C(=O)Nc1cc(C)c(Oc2ccc(O)c(CN(Cc3cccc(F)c3)Cc3ccco3)c2)c(C)c1. The number of phenols is 1. The summed E-state index contributed by atoms with van der Waals surface area (Å²) in [6.07, 6.45) is 1.60. The maximum atomic E-state index is 13.8. The minimum atomic E-state index is -0.951. The monoisotopic (exact) mass is 546 g/mol. The van der Waals surface area contributed by atoms with E-state index in [0.717, 1.165) is 22.5 Å². The Balaban J connectivity index is 1.53. The second-order valence-electron chi connectivity index (χ2n) is 9.36. The predicted molar refractivity (Wildman–Crippen MR) is 147 cm³/mol. The number of furan rings is 1. The molecule has 2 N–H and O–H groups in total. The molecule has 0 aliphatic carbocycles. The highest BCUT2D eigenvalue weighted by Crippen LogP contribution is 2.34. The third kappa shape index (κ3) is 7.48. The number of nitrogens with zero attached hydrogens (tertiary/aromatic N) is 1. The number of carbonyl (C=O) groups is 2. The molecule has 3 aromatic carbocycles. The van der Waals surface area contributed by atoms with E-state index in [1.54, 1.807) is 55.7 Å². The zero-order chi connectivity index (χ0) is 28.6. The maximum Gasteiger partial charge on any atom is 0.397 e. The van der Waals surface area contributed by atoms with Crippen molar-refractivity contribution in [2.24, 2.45) is 0 Å². The summed E-state index contributed by atoms with van der Waals surface area (Å²) < 4.78 is 30.3. The van der Waals surface area contributed by atoms with Crippen LogP contribution in [-0.4, -0.2) is 28.5 Å². The van der Waals surface area contributed by atoms with Crippen LogP contribution < -0.4 is 10.1 Å². The zero-order valence-electron chi connectivity index (χ0n) is 22.6. The molecule has 0 atom stereocenters. The molecule has 0 aliphatic heterocycles. The summed E-state index contributed by atoms with van der Waals surface area (Å²) in [5.74, 6) is -0.191. The standard InChI is InChI=1S/C31H31FN2O6/c1-4-38-31(37)30(36)33-25-13-20(2)29(21(3)14-25)40-26-10-11-28(35)23(16-26)18-34(19-27-9-6-12-39-27)17-22-7-5-8-24(32)15-22/h5-16,35H,4,17-19H2,1-3H3,(H,33,36). The van der Waals surface area contributed by atoms with Gasteiger partial charge in [-0.25, -0.2) is 9.18 Å². The third-order valence-electron chi connectivity index (χ3n) is 6.10. The molecule has 1 heterocycles. The first-order valence-corrected chi connectivity index (χ1v) is 12.8. The van der Waals surface area contributed by atoms with E-state index in [4.69, 9.17) is 13.9 Å². The van der Waals surface area contributed by atoms with Crippen molar-refractivity contribution in [3.63, 3.8) is 0 Å². The van der Waals surface area contributed by atoms with Gasteiger partial charge in [-0.1, -0.05) is 12.1 Å². The molecule has 40 heavy (non-hydrogen) atoms. The Bertz CT molecular complexity index is 1460. The van der Waals surface area contributed by atoms with Gasteiger partial charge in [0.1, 0.15) is 28.8 Å². The molecule has 208 valence electrons. The van der Waals surface area contributed by atoms with Crippen LogP contribution in [0.2, 0.25) is 0 Å². The summed E-state index contributed by atoms with van der Waals surface area (Å²) in [5.41, 5.74) is 3.32. The van der Waals surface area contributed by atoms with Gasteiger partial charge in [-0.3, -0.25) is 9.69 Å². The molecule has 0 fully saturated rings. The van der Waals surface area contributed by atoms with Crippen LogP contribution in [0.25, 0.3) is 0 Å². The van der Waals surface area contributed by atoms with Gasteiger partial charge >= 0.3 is 11.9 Å². The van der Waals surface area contributed by atoms with Crippen LogP contribution in [0.4, 0.5) is 10.1 Å². The summed E-state index contributed by atoms with van der Waals surface area (Å²) in [7, 11) is 0. The molecule has 8 nitrogen and oxygen atoms in total. The van der Waals surface area contributed by atoms with Gasteiger partial charge in [0.25, 0.3) is 0 Å². The van der Waals surface area contributed by atoms with Gasteiger partial charge < -0.3 is 24.3 Å². The number of amides is 1. The zero-order valence-corrected chi connectivity index (χ0v) is 22.6. The fourth-order valence-corrected chi connectivity index (χ4v) is 4.36. The summed E-state index contributed by atoms with van der Waals surface area (Å²) in [6.45, 7) is 6.61. The Morgan fingerprint density at radius 3 is 2.42 bits per heavy atom. The molecule has 0 saturated carbocycles. The molecule has 0 saturated heterocycles. The quantitative estimate of drug-likeness (QED) is 0.179. The molecule has 0 unspecified atom stereocenters. The first kappa shape index (κ1) is 28.4. The third-order valence-corrected chi connectivity index (χ3v) is 6.10. The molecule has 1 amide bonds. The normalized spacial score (nSPS) is 10.9. The number of esters is 1. The van der Waals surface area contributed by atoms with E-state index < -0.39 is 11.9 Å². The topological polar surface area (TPSA) is 101 Å². The Hall–Kier alpha value is -4.63. The summed E-state index contributed by atoms with van der Waals surface area (Å²) in [6, 6.07) is 18.5. The molecule has 0 spiro atoms. The van der Waals surface area contributed by atoms with Crippen molar-refractivity contribution >= 4 is 17.6 Å². The number of benzene rings is 3. The number of rotatable bonds is 10. The van der Waals surface area contributed by atoms with Gasteiger partial charge in [0.05, 0.1) is 19.4 Å². The Morgan fingerprint density at radius 2 is 1.75 bits per heavy atom. The molecule has 4 aromatic rings. The molecule has 0 radical (unpaired) electrons. The van der Waals surface area contributed by atoms with Crippen LogP contribution in [0, 0.1) is 19.7 Å². The van der Waals surface area contributed by atoms with Gasteiger partial charge in [-0.05, 0) is 92.1 Å². The number of ether oxygens (including phenoxy) is 2. The smallest absolute Gasteiger partial charge is 0.397 e. The number of anilines is 1. The van der Waals surface area contributed by atoms with Crippen molar-refractivity contribution in [3.8, 4) is 17.2 Å². The number of phenolic OH excluding ortho intramolecular Hbond substituents is 1. The number of aromatic hydroxyl groups is 1. The lowest BCUT2D eigenvalue weighted by molar-refractivity contribution is -0.152. The van der Waals surface area contributed by atoms with Gasteiger partial charge in [0.15, 0.2) is 0 Å². The van der Waals surface area contributed by atoms with E-state index in [9.17, 15) is 19.1 Å². The fourth-order valence-electron chi connectivity index (χ4n) is 4.36. The first-order chi connectivity index (χ1) is 19.2. The maximum absolute atomic E-state index is 13.8. The highest BCUT2D eigenvalue weighted by Gasteiger charge is 2.18. The average Bonchev–Trinajstić information content (AvgIpc) is 3.41. The lowest BCUT2D eigenvalue weighted by Crippen LogP contribution is -2.25. The highest BCUT2D eigenvalue weighted by atomic mass is 19.1. The van der Waals surface area contributed by atoms with Crippen LogP contribution in [0.1, 0.15) is 34.9 Å². The van der Waals surface area contributed by atoms with E-state index in [-0.39, 0.29) is 18.2 Å². The van der Waals surface area contributed by atoms with Gasteiger partial charge in [0.2, 0.25) is 0 Å². The predicted octanol–water partition coefficient (Wildman–Crippen LogP) is 6.24. The Morgan fingerprint density at radius 1 is 0.975 bits per heavy atom.